The normalized spacial score (nSPS) is 13.4. The summed E-state index contributed by atoms with van der Waals surface area (Å²) in [5, 5.41) is 5.51. The van der Waals surface area contributed by atoms with Crippen LogP contribution in [0.25, 0.3) is 0 Å². The highest BCUT2D eigenvalue weighted by Crippen LogP contribution is 2.22. The van der Waals surface area contributed by atoms with Gasteiger partial charge in [0.1, 0.15) is 0 Å². The standard InChI is InChI=1S/C17H23N3O3/c1-12(2)8-10-19-17(23)18-9-5-11-20-15(21)13-6-3-4-7-14(13)16(20)22/h3-4,6-7,12H,5,8-11H2,1-2H3,(H2,18,19,23). The summed E-state index contributed by atoms with van der Waals surface area (Å²) >= 11 is 0. The van der Waals surface area contributed by atoms with E-state index < -0.39 is 0 Å². The lowest BCUT2D eigenvalue weighted by Crippen LogP contribution is -2.38. The van der Waals surface area contributed by atoms with Crippen molar-refractivity contribution in [2.75, 3.05) is 19.6 Å². The van der Waals surface area contributed by atoms with Crippen LogP contribution in [0.2, 0.25) is 0 Å². The van der Waals surface area contributed by atoms with Gasteiger partial charge in [-0.3, -0.25) is 14.5 Å². The fourth-order valence-electron chi connectivity index (χ4n) is 2.42. The Hall–Kier alpha value is -2.37. The van der Waals surface area contributed by atoms with Crippen molar-refractivity contribution in [1.82, 2.24) is 15.5 Å². The van der Waals surface area contributed by atoms with Crippen LogP contribution in [0.4, 0.5) is 4.79 Å². The molecule has 0 saturated carbocycles. The molecule has 0 saturated heterocycles. The van der Waals surface area contributed by atoms with E-state index in [1.54, 1.807) is 24.3 Å². The third-order valence-corrected chi connectivity index (χ3v) is 3.73. The van der Waals surface area contributed by atoms with Crippen LogP contribution in [0.3, 0.4) is 0 Å². The molecule has 1 heterocycles. The van der Waals surface area contributed by atoms with Gasteiger partial charge in [0, 0.05) is 19.6 Å². The van der Waals surface area contributed by atoms with Crippen molar-refractivity contribution in [3.05, 3.63) is 35.4 Å². The Morgan fingerprint density at radius 1 is 1.04 bits per heavy atom. The van der Waals surface area contributed by atoms with E-state index in [9.17, 15) is 14.4 Å². The number of carbonyl (C=O) groups excluding carboxylic acids is 3. The number of rotatable bonds is 7. The van der Waals surface area contributed by atoms with Crippen molar-refractivity contribution in [2.45, 2.75) is 26.7 Å². The van der Waals surface area contributed by atoms with Crippen molar-refractivity contribution in [3.63, 3.8) is 0 Å². The molecule has 6 nitrogen and oxygen atoms in total. The summed E-state index contributed by atoms with van der Waals surface area (Å²) < 4.78 is 0. The molecule has 124 valence electrons. The van der Waals surface area contributed by atoms with Crippen LogP contribution in [0, 0.1) is 5.92 Å². The summed E-state index contributed by atoms with van der Waals surface area (Å²) in [5.41, 5.74) is 0.911. The number of fused-ring (bicyclic) bond motifs is 1. The van der Waals surface area contributed by atoms with E-state index in [-0.39, 0.29) is 17.8 Å². The van der Waals surface area contributed by atoms with Gasteiger partial charge in [-0.25, -0.2) is 4.79 Å². The lowest BCUT2D eigenvalue weighted by atomic mass is 10.1. The number of benzene rings is 1. The predicted molar refractivity (Wildman–Crippen MR) is 87.3 cm³/mol. The molecule has 2 rings (SSSR count). The zero-order valence-electron chi connectivity index (χ0n) is 13.6. The topological polar surface area (TPSA) is 78.5 Å². The molecule has 0 bridgehead atoms. The number of hydrogen-bond acceptors (Lipinski definition) is 3. The molecule has 23 heavy (non-hydrogen) atoms. The number of imide groups is 1. The van der Waals surface area contributed by atoms with E-state index in [0.717, 1.165) is 6.42 Å². The molecular weight excluding hydrogens is 294 g/mol. The van der Waals surface area contributed by atoms with Crippen LogP contribution in [-0.2, 0) is 0 Å². The minimum Gasteiger partial charge on any atom is -0.338 e. The largest absolute Gasteiger partial charge is 0.338 e. The predicted octanol–water partition coefficient (Wildman–Crippen LogP) is 2.02. The molecule has 0 radical (unpaired) electrons. The van der Waals surface area contributed by atoms with E-state index in [4.69, 9.17) is 0 Å². The van der Waals surface area contributed by atoms with Crippen LogP contribution in [-0.4, -0.2) is 42.4 Å². The van der Waals surface area contributed by atoms with E-state index in [2.05, 4.69) is 24.5 Å². The SMILES string of the molecule is CC(C)CCNC(=O)NCCCN1C(=O)c2ccccc2C1=O. The van der Waals surface area contributed by atoms with Crippen LogP contribution >= 0.6 is 0 Å². The Morgan fingerprint density at radius 2 is 1.61 bits per heavy atom. The number of nitrogens with zero attached hydrogens (tertiary/aromatic N) is 1. The molecule has 1 aromatic rings. The van der Waals surface area contributed by atoms with Gasteiger partial charge in [-0.05, 0) is 30.9 Å². The first-order valence-corrected chi connectivity index (χ1v) is 7.97. The summed E-state index contributed by atoms with van der Waals surface area (Å²) in [6.45, 7) is 5.56. The number of hydrogen-bond donors (Lipinski definition) is 2. The summed E-state index contributed by atoms with van der Waals surface area (Å²) in [4.78, 5) is 37.1. The number of amides is 4. The maximum absolute atomic E-state index is 12.1. The third kappa shape index (κ3) is 4.31. The van der Waals surface area contributed by atoms with E-state index in [1.165, 1.54) is 4.90 Å². The molecule has 1 aliphatic heterocycles. The minimum absolute atomic E-state index is 0.215. The van der Waals surface area contributed by atoms with Gasteiger partial charge in [0.05, 0.1) is 11.1 Å². The van der Waals surface area contributed by atoms with Crippen LogP contribution < -0.4 is 10.6 Å². The molecule has 1 aromatic carbocycles. The monoisotopic (exact) mass is 317 g/mol. The maximum atomic E-state index is 12.1. The van der Waals surface area contributed by atoms with Crippen molar-refractivity contribution in [2.24, 2.45) is 5.92 Å². The summed E-state index contributed by atoms with van der Waals surface area (Å²) in [7, 11) is 0. The molecule has 0 fully saturated rings. The van der Waals surface area contributed by atoms with Gasteiger partial charge in [-0.1, -0.05) is 26.0 Å². The number of nitrogens with one attached hydrogen (secondary N) is 2. The first-order valence-electron chi connectivity index (χ1n) is 7.97. The average Bonchev–Trinajstić information content (AvgIpc) is 2.76. The van der Waals surface area contributed by atoms with Gasteiger partial charge in [-0.2, -0.15) is 0 Å². The van der Waals surface area contributed by atoms with E-state index in [1.807, 2.05) is 0 Å². The second kappa shape index (κ2) is 7.76. The van der Waals surface area contributed by atoms with Gasteiger partial charge in [0.2, 0.25) is 0 Å². The van der Waals surface area contributed by atoms with Crippen molar-refractivity contribution in [1.29, 1.82) is 0 Å². The van der Waals surface area contributed by atoms with Crippen molar-refractivity contribution >= 4 is 17.8 Å². The molecule has 0 unspecified atom stereocenters. The van der Waals surface area contributed by atoms with Gasteiger partial charge < -0.3 is 10.6 Å². The Bertz CT molecular complexity index is 564. The van der Waals surface area contributed by atoms with Crippen molar-refractivity contribution < 1.29 is 14.4 Å². The molecule has 0 spiro atoms. The molecule has 0 aromatic heterocycles. The summed E-state index contributed by atoms with van der Waals surface area (Å²) in [6, 6.07) is 6.60. The highest BCUT2D eigenvalue weighted by Gasteiger charge is 2.34. The first-order chi connectivity index (χ1) is 11.0. The molecule has 1 aliphatic rings. The Balaban J connectivity index is 1.71. The van der Waals surface area contributed by atoms with Crippen LogP contribution in [0.1, 0.15) is 47.4 Å². The zero-order valence-corrected chi connectivity index (χ0v) is 13.6. The highest BCUT2D eigenvalue weighted by molar-refractivity contribution is 6.21. The van der Waals surface area contributed by atoms with Crippen molar-refractivity contribution in [3.8, 4) is 0 Å². The number of carbonyl (C=O) groups is 3. The smallest absolute Gasteiger partial charge is 0.314 e. The van der Waals surface area contributed by atoms with Gasteiger partial charge >= 0.3 is 6.03 Å². The summed E-state index contributed by atoms with van der Waals surface area (Å²) in [6.07, 6.45) is 1.46. The van der Waals surface area contributed by atoms with Crippen LogP contribution in [0.15, 0.2) is 24.3 Å². The Kier molecular flexibility index (Phi) is 5.73. The van der Waals surface area contributed by atoms with E-state index in [0.29, 0.717) is 43.1 Å². The lowest BCUT2D eigenvalue weighted by molar-refractivity contribution is 0.0653. The van der Waals surface area contributed by atoms with Crippen LogP contribution in [0.5, 0.6) is 0 Å². The maximum Gasteiger partial charge on any atom is 0.314 e. The fraction of sp³-hybridized carbons (Fsp3) is 0.471. The zero-order chi connectivity index (χ0) is 16.8. The molecule has 0 aliphatic carbocycles. The van der Waals surface area contributed by atoms with E-state index >= 15 is 0 Å². The average molecular weight is 317 g/mol. The Labute approximate surface area is 136 Å². The first kappa shape index (κ1) is 17.0. The Morgan fingerprint density at radius 3 is 2.17 bits per heavy atom. The second-order valence-corrected chi connectivity index (χ2v) is 6.03. The molecular formula is C17H23N3O3. The molecule has 6 heteroatoms. The lowest BCUT2D eigenvalue weighted by Gasteiger charge is -2.14. The quantitative estimate of drug-likeness (QED) is 0.596. The summed E-state index contributed by atoms with van der Waals surface area (Å²) in [5.74, 6) is 0.0306. The minimum atomic E-state index is -0.257. The second-order valence-electron chi connectivity index (χ2n) is 6.03. The molecule has 0 atom stereocenters. The molecule has 2 N–H and O–H groups in total. The third-order valence-electron chi connectivity index (χ3n) is 3.73. The van der Waals surface area contributed by atoms with Gasteiger partial charge in [-0.15, -0.1) is 0 Å². The molecule has 4 amide bonds. The highest BCUT2D eigenvalue weighted by atomic mass is 16.2. The fourth-order valence-corrected chi connectivity index (χ4v) is 2.42. The number of urea groups is 1. The van der Waals surface area contributed by atoms with Gasteiger partial charge in [0.15, 0.2) is 0 Å². The van der Waals surface area contributed by atoms with Gasteiger partial charge in [0.25, 0.3) is 11.8 Å².